The summed E-state index contributed by atoms with van der Waals surface area (Å²) in [5, 5.41) is 0. The summed E-state index contributed by atoms with van der Waals surface area (Å²) in [6.07, 6.45) is 17.4. The van der Waals surface area contributed by atoms with Crippen LogP contribution in [-0.2, 0) is 9.47 Å². The molecule has 4 nitrogen and oxygen atoms in total. The predicted molar refractivity (Wildman–Crippen MR) is 151 cm³/mol. The van der Waals surface area contributed by atoms with Gasteiger partial charge in [-0.05, 0) is 111 Å². The van der Waals surface area contributed by atoms with E-state index in [1.165, 1.54) is 40.7 Å². The van der Waals surface area contributed by atoms with Crippen molar-refractivity contribution in [1.82, 2.24) is 0 Å². The zero-order chi connectivity index (χ0) is 25.6. The second-order valence-corrected chi connectivity index (χ2v) is 11.3. The Bertz CT molecular complexity index is 1400. The van der Waals surface area contributed by atoms with Crippen LogP contribution in [0.1, 0.15) is 77.2 Å². The van der Waals surface area contributed by atoms with Crippen molar-refractivity contribution < 1.29 is 18.8 Å². The molecule has 3 heterocycles. The molecule has 0 N–H and O–H groups in total. The molecule has 0 amide bonds. The van der Waals surface area contributed by atoms with Gasteiger partial charge in [0.2, 0.25) is 0 Å². The maximum Gasteiger partial charge on any atom is 0.156 e. The van der Waals surface area contributed by atoms with E-state index in [1.807, 2.05) is 12.1 Å². The van der Waals surface area contributed by atoms with Crippen LogP contribution in [0, 0.1) is 0 Å². The fraction of sp³-hybridized carbons (Fsp3) is 0.441. The number of fused-ring (bicyclic) bond motifs is 4. The highest BCUT2D eigenvalue weighted by Gasteiger charge is 2.35. The predicted octanol–water partition coefficient (Wildman–Crippen LogP) is 7.55. The van der Waals surface area contributed by atoms with Crippen LogP contribution < -0.4 is 4.74 Å². The van der Waals surface area contributed by atoms with Gasteiger partial charge in [-0.25, -0.2) is 4.58 Å². The zero-order valence-corrected chi connectivity index (χ0v) is 22.8. The fourth-order valence-electron chi connectivity index (χ4n) is 7.07. The Kier molecular flexibility index (Phi) is 6.14. The smallest absolute Gasteiger partial charge is 0.156 e. The Morgan fingerprint density at radius 3 is 2.63 bits per heavy atom. The van der Waals surface area contributed by atoms with Crippen molar-refractivity contribution in [3.63, 3.8) is 0 Å². The van der Waals surface area contributed by atoms with E-state index in [-0.39, 0.29) is 6.10 Å². The van der Waals surface area contributed by atoms with Gasteiger partial charge in [0.05, 0.1) is 12.0 Å². The molecule has 4 heteroatoms. The van der Waals surface area contributed by atoms with E-state index in [4.69, 9.17) is 14.2 Å². The van der Waals surface area contributed by atoms with Crippen molar-refractivity contribution in [2.24, 2.45) is 0 Å². The van der Waals surface area contributed by atoms with Crippen LogP contribution in [0.15, 0.2) is 87.5 Å². The van der Waals surface area contributed by atoms with E-state index in [0.717, 1.165) is 92.2 Å². The monoisotopic (exact) mass is 508 g/mol. The average molecular weight is 509 g/mol. The largest absolute Gasteiger partial charge is 0.488 e. The molecule has 0 radical (unpaired) electrons. The first-order valence-electron chi connectivity index (χ1n) is 14.7. The van der Waals surface area contributed by atoms with Crippen molar-refractivity contribution in [2.75, 3.05) is 19.7 Å². The number of ether oxygens (including phenoxy) is 3. The van der Waals surface area contributed by atoms with Crippen molar-refractivity contribution in [3.05, 3.63) is 93.0 Å². The number of nitrogens with zero attached hydrogens (tertiary/aromatic N) is 1. The van der Waals surface area contributed by atoms with Gasteiger partial charge in [-0.2, -0.15) is 0 Å². The van der Waals surface area contributed by atoms with E-state index >= 15 is 0 Å². The minimum Gasteiger partial charge on any atom is -0.488 e. The number of hydrogen-bond donors (Lipinski definition) is 0. The summed E-state index contributed by atoms with van der Waals surface area (Å²) >= 11 is 0. The van der Waals surface area contributed by atoms with E-state index in [1.54, 1.807) is 5.71 Å². The number of rotatable bonds is 3. The van der Waals surface area contributed by atoms with Gasteiger partial charge < -0.3 is 14.2 Å². The molecule has 0 saturated heterocycles. The average Bonchev–Trinajstić information content (AvgIpc) is 2.96. The molecule has 1 aromatic rings. The van der Waals surface area contributed by atoms with E-state index in [2.05, 4.69) is 48.8 Å². The molecule has 0 spiro atoms. The molecule has 1 aromatic carbocycles. The molecule has 6 aliphatic rings. The topological polar surface area (TPSA) is 30.7 Å². The Labute approximate surface area is 226 Å². The maximum absolute atomic E-state index is 6.88. The number of hydrogen-bond acceptors (Lipinski definition) is 3. The van der Waals surface area contributed by atoms with E-state index in [0.29, 0.717) is 6.61 Å². The Hall–Kier alpha value is -3.27. The molecule has 1 atom stereocenters. The molecule has 7 rings (SSSR count). The van der Waals surface area contributed by atoms with Gasteiger partial charge in [0.15, 0.2) is 5.71 Å². The normalized spacial score (nSPS) is 25.2. The van der Waals surface area contributed by atoms with Crippen LogP contribution in [-0.4, -0.2) is 36.1 Å². The summed E-state index contributed by atoms with van der Waals surface area (Å²) in [5.74, 6) is 4.10. The van der Waals surface area contributed by atoms with Crippen LogP contribution in [0.25, 0.3) is 5.76 Å². The Morgan fingerprint density at radius 2 is 1.74 bits per heavy atom. The van der Waals surface area contributed by atoms with Crippen LogP contribution in [0.4, 0.5) is 0 Å². The molecule has 196 valence electrons. The van der Waals surface area contributed by atoms with E-state index in [9.17, 15) is 0 Å². The van der Waals surface area contributed by atoms with Crippen LogP contribution in [0.5, 0.6) is 5.75 Å². The summed E-state index contributed by atoms with van der Waals surface area (Å²) in [4.78, 5) is 0. The molecule has 1 fully saturated rings. The van der Waals surface area contributed by atoms with E-state index < -0.39 is 0 Å². The van der Waals surface area contributed by atoms with Crippen molar-refractivity contribution >= 4 is 11.5 Å². The van der Waals surface area contributed by atoms with Crippen LogP contribution in [0.2, 0.25) is 0 Å². The van der Waals surface area contributed by atoms with Gasteiger partial charge in [-0.1, -0.05) is 18.2 Å². The first kappa shape index (κ1) is 23.8. The van der Waals surface area contributed by atoms with Gasteiger partial charge in [0, 0.05) is 12.0 Å². The highest BCUT2D eigenvalue weighted by Crippen LogP contribution is 2.46. The standard InChI is InChI=1S/C34H38NO3/c1-3-35(4-2)28-16-15-22-17-23-9-7-10-24(32(23)37-31(22)20-28)18-25-11-8-12-26-19-27-21-36-30-14-6-5-13-29(30)34(27)38-33(25)26/h5-6,13-14,17-19,31H,3-4,7-12,15-16,20-21H2,1-2H3/q+1/b24-18+. The van der Waals surface area contributed by atoms with Gasteiger partial charge in [0.25, 0.3) is 0 Å². The highest BCUT2D eigenvalue weighted by atomic mass is 16.5. The minimum absolute atomic E-state index is 0.191. The SMILES string of the molecule is CC[N+](CC)=C1CCC2=CC3=C(OC2C1)/C(=C/C1=C2OC4=C(C=C2CCC1)COc1ccccc14)CCC3. The second kappa shape index (κ2) is 9.80. The van der Waals surface area contributed by atoms with Crippen molar-refractivity contribution in [2.45, 2.75) is 77.7 Å². The van der Waals surface area contributed by atoms with Crippen LogP contribution >= 0.6 is 0 Å². The van der Waals surface area contributed by atoms with Crippen molar-refractivity contribution in [3.8, 4) is 5.75 Å². The minimum atomic E-state index is 0.191. The third-order valence-electron chi connectivity index (χ3n) is 9.03. The van der Waals surface area contributed by atoms with Gasteiger partial charge >= 0.3 is 0 Å². The first-order chi connectivity index (χ1) is 18.7. The zero-order valence-electron chi connectivity index (χ0n) is 22.8. The highest BCUT2D eigenvalue weighted by molar-refractivity contribution is 5.82. The summed E-state index contributed by atoms with van der Waals surface area (Å²) in [7, 11) is 0. The first-order valence-corrected chi connectivity index (χ1v) is 14.7. The number of para-hydroxylation sites is 1. The molecule has 0 aromatic heterocycles. The summed E-state index contributed by atoms with van der Waals surface area (Å²) in [5.41, 5.74) is 10.7. The molecular formula is C34H38NO3+. The Morgan fingerprint density at radius 1 is 0.868 bits per heavy atom. The molecule has 3 aliphatic carbocycles. The third kappa shape index (κ3) is 4.09. The Balaban J connectivity index is 1.23. The lowest BCUT2D eigenvalue weighted by atomic mass is 9.82. The lowest BCUT2D eigenvalue weighted by Crippen LogP contribution is -2.34. The number of benzene rings is 1. The molecular weight excluding hydrogens is 470 g/mol. The fourth-order valence-corrected chi connectivity index (χ4v) is 7.07. The molecule has 1 saturated carbocycles. The van der Waals surface area contributed by atoms with Crippen LogP contribution in [0.3, 0.4) is 0 Å². The maximum atomic E-state index is 6.88. The summed E-state index contributed by atoms with van der Waals surface area (Å²) in [6.45, 7) is 7.26. The van der Waals surface area contributed by atoms with Gasteiger partial charge in [-0.3, -0.25) is 0 Å². The van der Waals surface area contributed by atoms with Gasteiger partial charge in [-0.15, -0.1) is 0 Å². The molecule has 3 aliphatic heterocycles. The van der Waals surface area contributed by atoms with Gasteiger partial charge in [0.1, 0.15) is 48.8 Å². The second-order valence-electron chi connectivity index (χ2n) is 11.3. The molecule has 0 bridgehead atoms. The lowest BCUT2D eigenvalue weighted by Gasteiger charge is -2.35. The van der Waals surface area contributed by atoms with Crippen molar-refractivity contribution in [1.29, 1.82) is 0 Å². The number of allylic oxidation sites excluding steroid dienone is 6. The summed E-state index contributed by atoms with van der Waals surface area (Å²) < 4.78 is 22.2. The summed E-state index contributed by atoms with van der Waals surface area (Å²) in [6, 6.07) is 8.23. The quantitative estimate of drug-likeness (QED) is 0.395. The lowest BCUT2D eigenvalue weighted by molar-refractivity contribution is -0.523. The third-order valence-corrected chi connectivity index (χ3v) is 9.03. The molecule has 38 heavy (non-hydrogen) atoms. The molecule has 1 unspecified atom stereocenters.